The first-order chi connectivity index (χ1) is 23.6. The summed E-state index contributed by atoms with van der Waals surface area (Å²) in [5.41, 5.74) is 8.42. The Morgan fingerprint density at radius 2 is 0.479 bits per heavy atom. The van der Waals surface area contributed by atoms with Crippen LogP contribution in [0.5, 0.6) is 23.0 Å². The minimum Gasteiger partial charge on any atom is -0.497 e. The van der Waals surface area contributed by atoms with Gasteiger partial charge >= 0.3 is 0 Å². The van der Waals surface area contributed by atoms with E-state index in [-0.39, 0.29) is 0 Å². The highest BCUT2D eigenvalue weighted by Gasteiger charge is 2.27. The lowest BCUT2D eigenvalue weighted by Crippen LogP contribution is -2.11. The Kier molecular flexibility index (Phi) is 10.2. The zero-order valence-corrected chi connectivity index (χ0v) is 27.5. The fourth-order valence-corrected chi connectivity index (χ4v) is 5.48. The lowest BCUT2D eigenvalue weighted by Gasteiger charge is -2.12. The van der Waals surface area contributed by atoms with E-state index in [1.165, 1.54) is 0 Å². The van der Waals surface area contributed by atoms with Crippen molar-refractivity contribution in [3.8, 4) is 23.0 Å². The minimum atomic E-state index is 0.816. The van der Waals surface area contributed by atoms with Crippen LogP contribution >= 0.6 is 0 Å². The monoisotopic (exact) mass is 634 g/mol. The van der Waals surface area contributed by atoms with Crippen molar-refractivity contribution in [1.82, 2.24) is 9.80 Å². The van der Waals surface area contributed by atoms with Crippen molar-refractivity contribution in [2.45, 2.75) is 0 Å². The van der Waals surface area contributed by atoms with E-state index in [1.807, 2.05) is 48.5 Å². The molecule has 6 heteroatoms. The Morgan fingerprint density at radius 1 is 0.292 bits per heavy atom. The van der Waals surface area contributed by atoms with E-state index >= 15 is 0 Å². The first kappa shape index (κ1) is 32.1. The lowest BCUT2D eigenvalue weighted by molar-refractivity contribution is 0.414. The second-order valence-electron chi connectivity index (χ2n) is 11.0. The van der Waals surface area contributed by atoms with Crippen LogP contribution in [0.15, 0.2) is 146 Å². The molecule has 0 spiro atoms. The van der Waals surface area contributed by atoms with Crippen LogP contribution in [0.1, 0.15) is 11.1 Å². The third-order valence-electron chi connectivity index (χ3n) is 8.09. The summed E-state index contributed by atoms with van der Waals surface area (Å²) in [5, 5.41) is 0. The van der Waals surface area contributed by atoms with Crippen LogP contribution in [0.2, 0.25) is 0 Å². The Morgan fingerprint density at radius 3 is 0.667 bits per heavy atom. The maximum atomic E-state index is 5.39. The number of methoxy groups -OCH3 is 4. The van der Waals surface area contributed by atoms with Crippen molar-refractivity contribution in [3.63, 3.8) is 0 Å². The number of ether oxygens (including phenoxy) is 4. The molecule has 0 aliphatic rings. The highest BCUT2D eigenvalue weighted by molar-refractivity contribution is 5.74. The first-order valence-corrected chi connectivity index (χ1v) is 15.6. The zero-order valence-electron chi connectivity index (χ0n) is 27.5. The molecule has 6 nitrogen and oxygen atoms in total. The van der Waals surface area contributed by atoms with Gasteiger partial charge in [-0.1, -0.05) is 22.0 Å². The van der Waals surface area contributed by atoms with Crippen LogP contribution in [0.4, 0.5) is 34.1 Å². The molecule has 0 unspecified atom stereocenters. The standard InChI is InChI=1S/C42H38N2O4/c1-45-39-23-15-35(16-24-39)43(36-17-25-40(46-2)26-18-36)33-11-7-31(8-12-33)5-6-32-9-13-34(14-10-32)44(37-19-27-41(47-3)28-20-37)38-21-29-42(48-4)30-22-38/h5-30H,1-4H3/q+2/b6-5+. The summed E-state index contributed by atoms with van der Waals surface area (Å²) >= 11 is 0. The van der Waals surface area contributed by atoms with Gasteiger partial charge in [-0.2, -0.15) is 0 Å². The maximum Gasteiger partial charge on any atom is 0.192 e. The van der Waals surface area contributed by atoms with Crippen LogP contribution in [0.25, 0.3) is 12.2 Å². The highest BCUT2D eigenvalue weighted by Crippen LogP contribution is 2.37. The number of rotatable bonds is 12. The van der Waals surface area contributed by atoms with E-state index in [2.05, 4.69) is 119 Å². The van der Waals surface area contributed by atoms with Crippen molar-refractivity contribution < 1.29 is 18.9 Å². The van der Waals surface area contributed by atoms with E-state index in [0.717, 1.165) is 68.2 Å². The van der Waals surface area contributed by atoms with Gasteiger partial charge < -0.3 is 18.9 Å². The van der Waals surface area contributed by atoms with Gasteiger partial charge in [-0.25, -0.2) is 0 Å². The molecule has 0 N–H and O–H groups in total. The van der Waals surface area contributed by atoms with Gasteiger partial charge in [-0.05, 0) is 83.9 Å². The Balaban J connectivity index is 1.23. The van der Waals surface area contributed by atoms with Gasteiger partial charge in [0.15, 0.2) is 34.1 Å². The van der Waals surface area contributed by atoms with E-state index in [9.17, 15) is 0 Å². The molecule has 0 bridgehead atoms. The molecule has 6 aromatic carbocycles. The van der Waals surface area contributed by atoms with Crippen LogP contribution in [0.3, 0.4) is 0 Å². The summed E-state index contributed by atoms with van der Waals surface area (Å²) in [5.74, 6) is 3.26. The molecule has 2 radical (unpaired) electrons. The topological polar surface area (TPSA) is 48.7 Å². The molecule has 0 saturated carbocycles. The smallest absolute Gasteiger partial charge is 0.192 e. The molecule has 48 heavy (non-hydrogen) atoms. The Labute approximate surface area is 282 Å². The summed E-state index contributed by atoms with van der Waals surface area (Å²) < 4.78 is 21.6. The average molecular weight is 635 g/mol. The van der Waals surface area contributed by atoms with Crippen LogP contribution in [-0.2, 0) is 0 Å². The van der Waals surface area contributed by atoms with Gasteiger partial charge in [0.1, 0.15) is 23.0 Å². The Bertz CT molecular complexity index is 1680. The fraction of sp³-hybridized carbons (Fsp3) is 0.0952. The van der Waals surface area contributed by atoms with E-state index in [0.29, 0.717) is 0 Å². The van der Waals surface area contributed by atoms with E-state index in [1.54, 1.807) is 28.4 Å². The summed E-state index contributed by atoms with van der Waals surface area (Å²) in [6, 6.07) is 49.4. The van der Waals surface area contributed by atoms with Crippen molar-refractivity contribution in [2.75, 3.05) is 28.4 Å². The largest absolute Gasteiger partial charge is 0.497 e. The molecular formula is C42H38N2O4+2. The number of hydrogen-bond donors (Lipinski definition) is 0. The minimum absolute atomic E-state index is 0.816. The summed E-state index contributed by atoms with van der Waals surface area (Å²) in [6.07, 6.45) is 4.27. The third-order valence-corrected chi connectivity index (χ3v) is 8.09. The molecule has 0 amide bonds. The molecule has 0 fully saturated rings. The van der Waals surface area contributed by atoms with Gasteiger partial charge in [-0.15, -0.1) is 0 Å². The highest BCUT2D eigenvalue weighted by atomic mass is 16.5. The number of hydrogen-bond acceptors (Lipinski definition) is 6. The molecule has 0 heterocycles. The number of nitrogens with zero attached hydrogens (tertiary/aromatic N) is 2. The van der Waals surface area contributed by atoms with Crippen molar-refractivity contribution in [2.24, 2.45) is 0 Å². The Hall–Kier alpha value is -5.82. The molecule has 0 atom stereocenters. The lowest BCUT2D eigenvalue weighted by atomic mass is 10.1. The average Bonchev–Trinajstić information content (AvgIpc) is 3.16. The van der Waals surface area contributed by atoms with Crippen molar-refractivity contribution >= 4 is 46.3 Å². The van der Waals surface area contributed by atoms with Gasteiger partial charge in [-0.3, -0.25) is 0 Å². The SMILES string of the molecule is COc1ccc([N+](c2ccc(/C=C/c3ccc([N+](c4ccc(OC)cc4)c4ccc(OC)cc4)cc3)cc2)c2ccc(OC)cc2)cc1. The molecule has 6 rings (SSSR count). The maximum absolute atomic E-state index is 5.39. The third kappa shape index (κ3) is 7.42. The van der Waals surface area contributed by atoms with Gasteiger partial charge in [0, 0.05) is 72.8 Å². The summed E-state index contributed by atoms with van der Waals surface area (Å²) in [7, 11) is 6.71. The molecule has 0 aliphatic heterocycles. The number of anilines is 6. The quantitative estimate of drug-likeness (QED) is 0.0993. The van der Waals surface area contributed by atoms with Crippen LogP contribution < -0.4 is 28.7 Å². The molecule has 0 aliphatic carbocycles. The van der Waals surface area contributed by atoms with Gasteiger partial charge in [0.2, 0.25) is 0 Å². The molecule has 0 aromatic heterocycles. The molecule has 6 aromatic rings. The predicted octanol–water partition coefficient (Wildman–Crippen LogP) is 10.8. The predicted molar refractivity (Wildman–Crippen MR) is 196 cm³/mol. The van der Waals surface area contributed by atoms with Gasteiger partial charge in [0.25, 0.3) is 0 Å². The fourth-order valence-electron chi connectivity index (χ4n) is 5.48. The van der Waals surface area contributed by atoms with E-state index < -0.39 is 0 Å². The molecular weight excluding hydrogens is 596 g/mol. The first-order valence-electron chi connectivity index (χ1n) is 15.6. The van der Waals surface area contributed by atoms with Crippen LogP contribution in [0, 0.1) is 0 Å². The van der Waals surface area contributed by atoms with E-state index in [4.69, 9.17) is 18.9 Å². The zero-order chi connectivity index (χ0) is 33.3. The summed E-state index contributed by atoms with van der Waals surface area (Å²) in [4.78, 5) is 4.42. The second-order valence-corrected chi connectivity index (χ2v) is 11.0. The van der Waals surface area contributed by atoms with Gasteiger partial charge in [0.05, 0.1) is 28.4 Å². The molecule has 0 saturated heterocycles. The van der Waals surface area contributed by atoms with Crippen molar-refractivity contribution in [3.05, 3.63) is 157 Å². The second kappa shape index (κ2) is 15.2. The molecule has 238 valence electrons. The summed E-state index contributed by atoms with van der Waals surface area (Å²) in [6.45, 7) is 0. The number of benzene rings is 6. The van der Waals surface area contributed by atoms with Crippen molar-refractivity contribution in [1.29, 1.82) is 0 Å². The normalized spacial score (nSPS) is 11.2. The van der Waals surface area contributed by atoms with Crippen LogP contribution in [-0.4, -0.2) is 28.4 Å².